The molecule has 1 rings (SSSR count). The van der Waals surface area contributed by atoms with Crippen LogP contribution in [0.3, 0.4) is 0 Å². The molecule has 9 heteroatoms. The van der Waals surface area contributed by atoms with Crippen molar-refractivity contribution in [3.8, 4) is 0 Å². The largest absolute Gasteiger partial charge is 0.462 e. The Morgan fingerprint density at radius 1 is 1.25 bits per heavy atom. The lowest BCUT2D eigenvalue weighted by Crippen LogP contribution is -2.26. The predicted octanol–water partition coefficient (Wildman–Crippen LogP) is 1.61. The van der Waals surface area contributed by atoms with Crippen LogP contribution in [0.5, 0.6) is 0 Å². The molecule has 0 bridgehead atoms. The van der Waals surface area contributed by atoms with E-state index >= 15 is 0 Å². The Morgan fingerprint density at radius 2 is 1.80 bits per heavy atom. The van der Waals surface area contributed by atoms with Gasteiger partial charge in [0.05, 0.1) is 17.9 Å². The van der Waals surface area contributed by atoms with Gasteiger partial charge in [-0.1, -0.05) is 0 Å². The van der Waals surface area contributed by atoms with E-state index in [1.54, 1.807) is 19.1 Å². The van der Waals surface area contributed by atoms with E-state index in [0.29, 0.717) is 26.8 Å². The van der Waals surface area contributed by atoms with Gasteiger partial charge in [0, 0.05) is 8.95 Å². The van der Waals surface area contributed by atoms with Crippen molar-refractivity contribution < 1.29 is 9.53 Å². The monoisotopic (exact) mass is 405 g/mol. The van der Waals surface area contributed by atoms with Crippen molar-refractivity contribution in [1.29, 1.82) is 0 Å². The van der Waals surface area contributed by atoms with Crippen LogP contribution in [0.4, 0.5) is 5.69 Å². The van der Waals surface area contributed by atoms with Crippen LogP contribution in [0.25, 0.3) is 0 Å². The van der Waals surface area contributed by atoms with Crippen molar-refractivity contribution in [3.63, 3.8) is 0 Å². The average molecular weight is 407 g/mol. The number of carbonyl (C=O) groups is 1. The van der Waals surface area contributed by atoms with Crippen LogP contribution in [0, 0.1) is 0 Å². The van der Waals surface area contributed by atoms with Gasteiger partial charge in [-0.25, -0.2) is 9.79 Å². The first kappa shape index (κ1) is 16.4. The Kier molecular flexibility index (Phi) is 5.96. The lowest BCUT2D eigenvalue weighted by Gasteiger charge is -2.07. The molecule has 0 aromatic heterocycles. The number of benzene rings is 1. The molecule has 7 nitrogen and oxygen atoms in total. The van der Waals surface area contributed by atoms with Gasteiger partial charge in [0.25, 0.3) is 0 Å². The standard InChI is InChI=1S/C11H13Br2N5O2/c1-2-20-9(19)5-3-6(12)8(7(13)4-5)17-11(16)18-10(14)15/h3-4H,2H2,1H3,(H6,14,15,16,17,18). The highest BCUT2D eigenvalue weighted by molar-refractivity contribution is 9.11. The molecule has 0 amide bonds. The van der Waals surface area contributed by atoms with E-state index in [1.165, 1.54) is 0 Å². The van der Waals surface area contributed by atoms with E-state index < -0.39 is 5.97 Å². The van der Waals surface area contributed by atoms with Gasteiger partial charge in [0.1, 0.15) is 0 Å². The summed E-state index contributed by atoms with van der Waals surface area (Å²) in [5, 5.41) is 0. The highest BCUT2D eigenvalue weighted by atomic mass is 79.9. The number of carbonyl (C=O) groups excluding carboxylic acids is 1. The fraction of sp³-hybridized carbons (Fsp3) is 0.182. The minimum Gasteiger partial charge on any atom is -0.462 e. The predicted molar refractivity (Wildman–Crippen MR) is 84.9 cm³/mol. The summed E-state index contributed by atoms with van der Waals surface area (Å²) in [4.78, 5) is 19.3. The summed E-state index contributed by atoms with van der Waals surface area (Å²) in [6, 6.07) is 3.15. The normalized spacial score (nSPS) is 11.1. The Morgan fingerprint density at radius 3 is 2.25 bits per heavy atom. The molecule has 108 valence electrons. The number of halogens is 2. The zero-order valence-electron chi connectivity index (χ0n) is 10.6. The number of hydrogen-bond donors (Lipinski definition) is 3. The Balaban J connectivity index is 3.19. The van der Waals surface area contributed by atoms with Crippen LogP contribution in [0.2, 0.25) is 0 Å². The SMILES string of the molecule is CCOC(=O)c1cc(Br)c(N=C(N)N=C(N)N)c(Br)c1. The molecule has 0 fully saturated rings. The van der Waals surface area contributed by atoms with Crippen LogP contribution >= 0.6 is 31.9 Å². The first-order valence-corrected chi connectivity index (χ1v) is 7.03. The molecule has 0 atom stereocenters. The van der Waals surface area contributed by atoms with Crippen molar-refractivity contribution in [2.75, 3.05) is 6.61 Å². The average Bonchev–Trinajstić information content (AvgIpc) is 2.33. The fourth-order valence-corrected chi connectivity index (χ4v) is 2.64. The molecule has 0 heterocycles. The zero-order chi connectivity index (χ0) is 15.3. The molecule has 0 saturated carbocycles. The minimum atomic E-state index is -0.429. The zero-order valence-corrected chi connectivity index (χ0v) is 13.7. The lowest BCUT2D eigenvalue weighted by atomic mass is 10.2. The molecule has 6 N–H and O–H groups in total. The Hall–Kier alpha value is -1.61. The maximum Gasteiger partial charge on any atom is 0.338 e. The molecule has 0 aliphatic carbocycles. The number of esters is 1. The summed E-state index contributed by atoms with van der Waals surface area (Å²) in [5.74, 6) is -0.724. The van der Waals surface area contributed by atoms with Gasteiger partial charge in [-0.15, -0.1) is 0 Å². The van der Waals surface area contributed by atoms with Gasteiger partial charge in [0.15, 0.2) is 5.96 Å². The first-order valence-electron chi connectivity index (χ1n) is 5.45. The van der Waals surface area contributed by atoms with Gasteiger partial charge in [-0.2, -0.15) is 4.99 Å². The molecule has 0 aliphatic rings. The molecule has 0 aliphatic heterocycles. The summed E-state index contributed by atoms with van der Waals surface area (Å²) >= 11 is 6.60. The molecule has 0 saturated heterocycles. The molecule has 1 aromatic rings. The summed E-state index contributed by atoms with van der Waals surface area (Å²) < 4.78 is 6.01. The molecular weight excluding hydrogens is 394 g/mol. The third-order valence-corrected chi connectivity index (χ3v) is 3.21. The summed E-state index contributed by atoms with van der Waals surface area (Å²) in [7, 11) is 0. The van der Waals surface area contributed by atoms with Gasteiger partial charge in [-0.05, 0) is 50.9 Å². The number of nitrogens with two attached hydrogens (primary N) is 3. The molecule has 20 heavy (non-hydrogen) atoms. The van der Waals surface area contributed by atoms with Crippen molar-refractivity contribution in [2.45, 2.75) is 6.92 Å². The number of hydrogen-bond acceptors (Lipinski definition) is 3. The maximum atomic E-state index is 11.6. The van der Waals surface area contributed by atoms with E-state index in [9.17, 15) is 4.79 Å². The van der Waals surface area contributed by atoms with Crippen molar-refractivity contribution >= 4 is 55.4 Å². The van der Waals surface area contributed by atoms with E-state index in [0.717, 1.165) is 0 Å². The molecule has 0 spiro atoms. The highest BCUT2D eigenvalue weighted by Crippen LogP contribution is 2.35. The second-order valence-corrected chi connectivity index (χ2v) is 5.22. The van der Waals surface area contributed by atoms with Gasteiger partial charge >= 0.3 is 5.97 Å². The van der Waals surface area contributed by atoms with Gasteiger partial charge < -0.3 is 21.9 Å². The van der Waals surface area contributed by atoms with Crippen LogP contribution in [0.15, 0.2) is 31.1 Å². The van der Waals surface area contributed by atoms with E-state index in [-0.39, 0.29) is 11.9 Å². The van der Waals surface area contributed by atoms with Gasteiger partial charge in [0.2, 0.25) is 5.96 Å². The van der Waals surface area contributed by atoms with Crippen molar-refractivity contribution in [1.82, 2.24) is 0 Å². The minimum absolute atomic E-state index is 0.102. The third kappa shape index (κ3) is 4.49. The molecule has 0 unspecified atom stereocenters. The fourth-order valence-electron chi connectivity index (χ4n) is 1.28. The summed E-state index contributed by atoms with van der Waals surface area (Å²) in [6.07, 6.45) is 0. The number of nitrogens with zero attached hydrogens (tertiary/aromatic N) is 2. The molecule has 0 radical (unpaired) electrons. The van der Waals surface area contributed by atoms with Crippen molar-refractivity contribution in [2.24, 2.45) is 27.2 Å². The topological polar surface area (TPSA) is 129 Å². The van der Waals surface area contributed by atoms with Crippen LogP contribution in [0.1, 0.15) is 17.3 Å². The summed E-state index contributed by atoms with van der Waals surface area (Å²) in [6.45, 7) is 2.03. The Labute approximate surface area is 132 Å². The number of aliphatic imine (C=N–C) groups is 2. The second kappa shape index (κ2) is 7.25. The number of guanidine groups is 2. The summed E-state index contributed by atoms with van der Waals surface area (Å²) in [5.41, 5.74) is 16.8. The first-order chi connectivity index (χ1) is 9.35. The van der Waals surface area contributed by atoms with E-state index in [4.69, 9.17) is 21.9 Å². The third-order valence-electron chi connectivity index (χ3n) is 2.00. The van der Waals surface area contributed by atoms with E-state index in [2.05, 4.69) is 41.8 Å². The van der Waals surface area contributed by atoms with Crippen LogP contribution < -0.4 is 17.2 Å². The highest BCUT2D eigenvalue weighted by Gasteiger charge is 2.13. The van der Waals surface area contributed by atoms with Gasteiger partial charge in [-0.3, -0.25) is 0 Å². The second-order valence-electron chi connectivity index (χ2n) is 3.52. The lowest BCUT2D eigenvalue weighted by molar-refractivity contribution is 0.0526. The molecular formula is C11H13Br2N5O2. The molecule has 1 aromatic carbocycles. The number of rotatable bonds is 3. The van der Waals surface area contributed by atoms with Crippen LogP contribution in [-0.2, 0) is 4.74 Å². The van der Waals surface area contributed by atoms with Crippen molar-refractivity contribution in [3.05, 3.63) is 26.6 Å². The Bertz CT molecular complexity index is 559. The maximum absolute atomic E-state index is 11.6. The van der Waals surface area contributed by atoms with E-state index in [1.807, 2.05) is 0 Å². The van der Waals surface area contributed by atoms with Crippen LogP contribution in [-0.4, -0.2) is 24.5 Å². The smallest absolute Gasteiger partial charge is 0.338 e. The quantitative estimate of drug-likeness (QED) is 0.398. The number of ether oxygens (including phenoxy) is 1.